The molecule has 0 saturated carbocycles. The summed E-state index contributed by atoms with van der Waals surface area (Å²) < 4.78 is 26.9. The van der Waals surface area contributed by atoms with Crippen molar-refractivity contribution in [2.75, 3.05) is 13.1 Å². The number of carbonyl (C=O) groups excluding carboxylic acids is 2. The van der Waals surface area contributed by atoms with Crippen molar-refractivity contribution < 1.29 is 18.0 Å². The van der Waals surface area contributed by atoms with E-state index >= 15 is 0 Å². The summed E-state index contributed by atoms with van der Waals surface area (Å²) in [7, 11) is -3.90. The van der Waals surface area contributed by atoms with Crippen LogP contribution < -0.4 is 4.72 Å². The summed E-state index contributed by atoms with van der Waals surface area (Å²) in [6, 6.07) is 5.92. The Kier molecular flexibility index (Phi) is 3.90. The third-order valence-corrected chi connectivity index (χ3v) is 5.30. The average molecular weight is 310 g/mol. The topological polar surface area (TPSA) is 83.6 Å². The number of benzene rings is 1. The summed E-state index contributed by atoms with van der Waals surface area (Å²) in [4.78, 5) is 26.6. The maximum absolute atomic E-state index is 12.6. The second-order valence-electron chi connectivity index (χ2n) is 5.03. The standard InChI is InChI=1S/C14H18N2O4S/c1-4-16(5-2)13(18)14(3)12(17)10-8-6-7-9-11(10)21(19,20)15-14/h6-9,15H,4-5H2,1-3H3/t14-/m0/s1. The highest BCUT2D eigenvalue weighted by Crippen LogP contribution is 2.29. The minimum absolute atomic E-state index is 0.0549. The number of hydrogen-bond donors (Lipinski definition) is 1. The molecular weight excluding hydrogens is 292 g/mol. The number of hydrogen-bond acceptors (Lipinski definition) is 4. The van der Waals surface area contributed by atoms with Crippen LogP contribution in [0, 0.1) is 0 Å². The van der Waals surface area contributed by atoms with Crippen LogP contribution in [0.1, 0.15) is 31.1 Å². The largest absolute Gasteiger partial charge is 0.341 e. The molecule has 7 heteroatoms. The summed E-state index contributed by atoms with van der Waals surface area (Å²) in [6.45, 7) is 5.69. The van der Waals surface area contributed by atoms with Gasteiger partial charge in [0.05, 0.1) is 4.90 Å². The number of amides is 1. The van der Waals surface area contributed by atoms with Crippen LogP contribution in [-0.2, 0) is 14.8 Å². The van der Waals surface area contributed by atoms with Gasteiger partial charge in [0.25, 0.3) is 5.91 Å². The maximum atomic E-state index is 12.6. The van der Waals surface area contributed by atoms with E-state index in [4.69, 9.17) is 0 Å². The first-order valence-corrected chi connectivity index (χ1v) is 8.23. The van der Waals surface area contributed by atoms with E-state index in [1.54, 1.807) is 26.0 Å². The number of carbonyl (C=O) groups is 2. The van der Waals surface area contributed by atoms with E-state index in [0.717, 1.165) is 0 Å². The number of nitrogens with one attached hydrogen (secondary N) is 1. The molecule has 1 aromatic rings. The van der Waals surface area contributed by atoms with E-state index < -0.39 is 27.3 Å². The Labute approximate surface area is 124 Å². The molecule has 0 unspecified atom stereocenters. The Bertz CT molecular complexity index is 695. The van der Waals surface area contributed by atoms with Crippen molar-refractivity contribution >= 4 is 21.7 Å². The molecule has 0 saturated heterocycles. The third-order valence-electron chi connectivity index (χ3n) is 3.69. The third kappa shape index (κ3) is 2.36. The van der Waals surface area contributed by atoms with Gasteiger partial charge in [0.2, 0.25) is 10.0 Å². The van der Waals surface area contributed by atoms with E-state index in [9.17, 15) is 18.0 Å². The molecule has 0 spiro atoms. The van der Waals surface area contributed by atoms with Crippen molar-refractivity contribution in [2.24, 2.45) is 0 Å². The summed E-state index contributed by atoms with van der Waals surface area (Å²) in [5, 5.41) is 0. The van der Waals surface area contributed by atoms with E-state index in [0.29, 0.717) is 13.1 Å². The molecule has 6 nitrogen and oxygen atoms in total. The molecule has 0 aromatic heterocycles. The van der Waals surface area contributed by atoms with Crippen LogP contribution >= 0.6 is 0 Å². The molecule has 21 heavy (non-hydrogen) atoms. The molecule has 1 aromatic carbocycles. The lowest BCUT2D eigenvalue weighted by molar-refractivity contribution is -0.134. The van der Waals surface area contributed by atoms with Crippen molar-refractivity contribution in [3.63, 3.8) is 0 Å². The molecule has 1 heterocycles. The van der Waals surface area contributed by atoms with Gasteiger partial charge in [-0.25, -0.2) is 8.42 Å². The fraction of sp³-hybridized carbons (Fsp3) is 0.429. The summed E-state index contributed by atoms with van der Waals surface area (Å²) in [5.74, 6) is -1.06. The van der Waals surface area contributed by atoms with Crippen molar-refractivity contribution in [3.8, 4) is 0 Å². The highest BCUT2D eigenvalue weighted by molar-refractivity contribution is 7.89. The van der Waals surface area contributed by atoms with Crippen LogP contribution in [0.3, 0.4) is 0 Å². The lowest BCUT2D eigenvalue weighted by Gasteiger charge is -2.36. The van der Waals surface area contributed by atoms with E-state index in [1.807, 2.05) is 0 Å². The van der Waals surface area contributed by atoms with Crippen LogP contribution in [0.25, 0.3) is 0 Å². The summed E-state index contributed by atoms with van der Waals surface area (Å²) in [5.41, 5.74) is -1.74. The Morgan fingerprint density at radius 3 is 2.38 bits per heavy atom. The second-order valence-corrected chi connectivity index (χ2v) is 6.68. The molecule has 1 atom stereocenters. The lowest BCUT2D eigenvalue weighted by Crippen LogP contribution is -2.64. The Morgan fingerprint density at radius 1 is 1.24 bits per heavy atom. The number of Topliss-reactive ketones (excluding diaryl/α,β-unsaturated/α-hetero) is 1. The second kappa shape index (κ2) is 5.23. The summed E-state index contributed by atoms with van der Waals surface area (Å²) in [6.07, 6.45) is 0. The predicted octanol–water partition coefficient (Wildman–Crippen LogP) is 0.788. The van der Waals surface area contributed by atoms with Gasteiger partial charge in [-0.15, -0.1) is 0 Å². The minimum atomic E-state index is -3.90. The van der Waals surface area contributed by atoms with Gasteiger partial charge in [-0.05, 0) is 32.9 Å². The van der Waals surface area contributed by atoms with Crippen LogP contribution in [0.4, 0.5) is 0 Å². The zero-order valence-corrected chi connectivity index (χ0v) is 13.0. The normalized spacial score (nSPS) is 23.5. The molecule has 114 valence electrons. The maximum Gasteiger partial charge on any atom is 0.251 e. The lowest BCUT2D eigenvalue weighted by atomic mass is 9.90. The first-order chi connectivity index (χ1) is 9.78. The molecule has 0 aliphatic carbocycles. The fourth-order valence-corrected chi connectivity index (χ4v) is 4.03. The van der Waals surface area contributed by atoms with Crippen molar-refractivity contribution in [1.29, 1.82) is 0 Å². The van der Waals surface area contributed by atoms with E-state index in [1.165, 1.54) is 24.0 Å². The summed E-state index contributed by atoms with van der Waals surface area (Å²) >= 11 is 0. The SMILES string of the molecule is CCN(CC)C(=O)[C@@]1(C)NS(=O)(=O)c2ccccc2C1=O. The van der Waals surface area contributed by atoms with E-state index in [-0.39, 0.29) is 10.5 Å². The molecule has 0 radical (unpaired) electrons. The number of ketones is 1. The molecule has 2 rings (SSSR count). The predicted molar refractivity (Wildman–Crippen MR) is 77.4 cm³/mol. The molecule has 1 aliphatic heterocycles. The molecule has 1 aliphatic rings. The highest BCUT2D eigenvalue weighted by Gasteiger charge is 2.51. The average Bonchev–Trinajstić information content (AvgIpc) is 2.46. The number of rotatable bonds is 3. The number of sulfonamides is 1. The van der Waals surface area contributed by atoms with Crippen molar-refractivity contribution in [3.05, 3.63) is 29.8 Å². The monoisotopic (exact) mass is 310 g/mol. The van der Waals surface area contributed by atoms with Crippen LogP contribution in [-0.4, -0.2) is 43.6 Å². The Morgan fingerprint density at radius 2 is 1.81 bits per heavy atom. The van der Waals surface area contributed by atoms with Gasteiger partial charge in [0.15, 0.2) is 11.3 Å². The van der Waals surface area contributed by atoms with Gasteiger partial charge in [-0.1, -0.05) is 12.1 Å². The van der Waals surface area contributed by atoms with Crippen LogP contribution in [0.15, 0.2) is 29.2 Å². The number of likely N-dealkylation sites (N-methyl/N-ethyl adjacent to an activating group) is 1. The van der Waals surface area contributed by atoms with Crippen LogP contribution in [0.5, 0.6) is 0 Å². The fourth-order valence-electron chi connectivity index (χ4n) is 2.50. The number of fused-ring (bicyclic) bond motifs is 1. The van der Waals surface area contributed by atoms with Gasteiger partial charge in [0, 0.05) is 18.7 Å². The van der Waals surface area contributed by atoms with Gasteiger partial charge < -0.3 is 4.90 Å². The van der Waals surface area contributed by atoms with E-state index in [2.05, 4.69) is 4.72 Å². The van der Waals surface area contributed by atoms with Crippen molar-refractivity contribution in [1.82, 2.24) is 9.62 Å². The molecule has 1 amide bonds. The molecule has 0 bridgehead atoms. The smallest absolute Gasteiger partial charge is 0.251 e. The highest BCUT2D eigenvalue weighted by atomic mass is 32.2. The van der Waals surface area contributed by atoms with Gasteiger partial charge in [-0.2, -0.15) is 4.72 Å². The zero-order valence-electron chi connectivity index (χ0n) is 12.2. The Balaban J connectivity index is 2.59. The quantitative estimate of drug-likeness (QED) is 0.837. The molecular formula is C14H18N2O4S. The molecule has 1 N–H and O–H groups in total. The minimum Gasteiger partial charge on any atom is -0.341 e. The van der Waals surface area contributed by atoms with Gasteiger partial charge >= 0.3 is 0 Å². The number of nitrogens with zero attached hydrogens (tertiary/aromatic N) is 1. The Hall–Kier alpha value is -1.73. The van der Waals surface area contributed by atoms with Crippen LogP contribution in [0.2, 0.25) is 0 Å². The molecule has 0 fully saturated rings. The van der Waals surface area contributed by atoms with Gasteiger partial charge in [-0.3, -0.25) is 9.59 Å². The van der Waals surface area contributed by atoms with Gasteiger partial charge in [0.1, 0.15) is 0 Å². The van der Waals surface area contributed by atoms with Crippen molar-refractivity contribution in [2.45, 2.75) is 31.2 Å². The zero-order chi connectivity index (χ0) is 15.8. The first kappa shape index (κ1) is 15.7. The first-order valence-electron chi connectivity index (χ1n) is 6.75.